The summed E-state index contributed by atoms with van der Waals surface area (Å²) in [5.41, 5.74) is 0.954. The highest BCUT2D eigenvalue weighted by atomic mass is 16.5. The molecule has 3 rings (SSSR count). The summed E-state index contributed by atoms with van der Waals surface area (Å²) < 4.78 is 5.52. The third kappa shape index (κ3) is 5.16. The number of carbonyl (C=O) groups is 2. The highest BCUT2D eigenvalue weighted by molar-refractivity contribution is 5.77. The average Bonchev–Trinajstić information content (AvgIpc) is 3.33. The fourth-order valence-electron chi connectivity index (χ4n) is 4.29. The van der Waals surface area contributed by atoms with E-state index < -0.39 is 0 Å². The van der Waals surface area contributed by atoms with Crippen LogP contribution < -0.4 is 15.4 Å². The first kappa shape index (κ1) is 20.5. The number of likely N-dealkylation sites (tertiary alicyclic amines) is 2. The number of nitrogens with zero attached hydrogens (tertiary/aromatic N) is 2. The van der Waals surface area contributed by atoms with Gasteiger partial charge in [0.25, 0.3) is 5.91 Å². The molecule has 0 saturated carbocycles. The summed E-state index contributed by atoms with van der Waals surface area (Å²) in [6.07, 6.45) is 4.56. The first-order valence-electron chi connectivity index (χ1n) is 10.3. The first-order chi connectivity index (χ1) is 13.6. The van der Waals surface area contributed by atoms with E-state index in [1.165, 1.54) is 12.8 Å². The van der Waals surface area contributed by atoms with E-state index in [4.69, 9.17) is 4.74 Å². The van der Waals surface area contributed by atoms with Gasteiger partial charge in [-0.15, -0.1) is 0 Å². The quantitative estimate of drug-likeness (QED) is 0.749. The minimum Gasteiger partial charge on any atom is -0.484 e. The lowest BCUT2D eigenvalue weighted by atomic mass is 10.0. The Morgan fingerprint density at radius 1 is 1.14 bits per heavy atom. The third-order valence-electron chi connectivity index (χ3n) is 5.67. The topological polar surface area (TPSA) is 73.9 Å². The lowest BCUT2D eigenvalue weighted by molar-refractivity contribution is -0.122. The van der Waals surface area contributed by atoms with Gasteiger partial charge in [-0.3, -0.25) is 4.79 Å². The zero-order chi connectivity index (χ0) is 19.9. The fourth-order valence-corrected chi connectivity index (χ4v) is 4.29. The summed E-state index contributed by atoms with van der Waals surface area (Å²) >= 11 is 0. The fraction of sp³-hybridized carbons (Fsp3) is 0.619. The zero-order valence-electron chi connectivity index (χ0n) is 16.9. The van der Waals surface area contributed by atoms with Crippen molar-refractivity contribution >= 4 is 11.9 Å². The predicted molar refractivity (Wildman–Crippen MR) is 108 cm³/mol. The van der Waals surface area contributed by atoms with Gasteiger partial charge in [-0.25, -0.2) is 4.79 Å². The van der Waals surface area contributed by atoms with E-state index in [0.717, 1.165) is 31.5 Å². The second-order valence-corrected chi connectivity index (χ2v) is 7.64. The Morgan fingerprint density at radius 2 is 1.93 bits per heavy atom. The van der Waals surface area contributed by atoms with Crippen LogP contribution in [0.4, 0.5) is 4.79 Å². The zero-order valence-corrected chi connectivity index (χ0v) is 16.9. The van der Waals surface area contributed by atoms with Crippen LogP contribution in [0, 0.1) is 0 Å². The molecule has 28 heavy (non-hydrogen) atoms. The van der Waals surface area contributed by atoms with E-state index >= 15 is 0 Å². The number of hydrogen-bond acceptors (Lipinski definition) is 4. The van der Waals surface area contributed by atoms with E-state index in [1.807, 2.05) is 36.1 Å². The molecule has 2 saturated heterocycles. The van der Waals surface area contributed by atoms with Crippen molar-refractivity contribution in [2.24, 2.45) is 0 Å². The summed E-state index contributed by atoms with van der Waals surface area (Å²) in [4.78, 5) is 28.7. The van der Waals surface area contributed by atoms with Crippen molar-refractivity contribution in [3.63, 3.8) is 0 Å². The van der Waals surface area contributed by atoms with Crippen LogP contribution in [-0.2, 0) is 11.3 Å². The summed E-state index contributed by atoms with van der Waals surface area (Å²) in [6, 6.07) is 8.32. The van der Waals surface area contributed by atoms with Crippen LogP contribution in [0.3, 0.4) is 0 Å². The minimum absolute atomic E-state index is 0.00594. The predicted octanol–water partition coefficient (Wildman–Crippen LogP) is 1.97. The Kier molecular flexibility index (Phi) is 7.14. The minimum atomic E-state index is -0.141. The van der Waals surface area contributed by atoms with E-state index in [1.54, 1.807) is 0 Å². The molecule has 0 aromatic heterocycles. The smallest absolute Gasteiger partial charge is 0.317 e. The van der Waals surface area contributed by atoms with Crippen LogP contribution in [0.25, 0.3) is 0 Å². The molecule has 2 aliphatic rings. The molecule has 2 unspecified atom stereocenters. The van der Waals surface area contributed by atoms with Crippen molar-refractivity contribution < 1.29 is 14.3 Å². The molecule has 0 radical (unpaired) electrons. The lowest BCUT2D eigenvalue weighted by Gasteiger charge is -2.33. The molecule has 3 amide bonds. The summed E-state index contributed by atoms with van der Waals surface area (Å²) in [6.45, 7) is 4.85. The number of benzene rings is 1. The molecule has 7 heteroatoms. The molecular formula is C21H32N4O3. The number of carbonyl (C=O) groups excluding carboxylic acids is 2. The average molecular weight is 389 g/mol. The summed E-state index contributed by atoms with van der Waals surface area (Å²) in [5.74, 6) is 0.489. The molecule has 1 aromatic carbocycles. The molecule has 1 aromatic rings. The van der Waals surface area contributed by atoms with Gasteiger partial charge in [0.15, 0.2) is 6.61 Å². The van der Waals surface area contributed by atoms with Gasteiger partial charge in [0, 0.05) is 31.7 Å². The third-order valence-corrected chi connectivity index (χ3v) is 5.67. The maximum Gasteiger partial charge on any atom is 0.317 e. The second kappa shape index (κ2) is 9.78. The van der Waals surface area contributed by atoms with Gasteiger partial charge in [0.2, 0.25) is 0 Å². The monoisotopic (exact) mass is 388 g/mol. The Balaban J connectivity index is 1.51. The maximum atomic E-state index is 12.8. The van der Waals surface area contributed by atoms with Crippen LogP contribution in [0.5, 0.6) is 5.75 Å². The van der Waals surface area contributed by atoms with Gasteiger partial charge >= 0.3 is 6.03 Å². The number of urea groups is 1. The van der Waals surface area contributed by atoms with E-state index in [-0.39, 0.29) is 18.5 Å². The van der Waals surface area contributed by atoms with Gasteiger partial charge in [-0.1, -0.05) is 12.1 Å². The number of nitrogens with one attached hydrogen (secondary N) is 2. The first-order valence-corrected chi connectivity index (χ1v) is 10.3. The van der Waals surface area contributed by atoms with Crippen molar-refractivity contribution in [3.8, 4) is 5.75 Å². The SMILES string of the molecule is CCNC(=O)COc1cccc(CNC(=O)N2CCCC2C2CCCN2C)c1. The van der Waals surface area contributed by atoms with Crippen molar-refractivity contribution in [1.29, 1.82) is 0 Å². The Labute approximate surface area is 167 Å². The number of ether oxygens (including phenoxy) is 1. The van der Waals surface area contributed by atoms with Crippen LogP contribution in [-0.4, -0.2) is 67.1 Å². The molecular weight excluding hydrogens is 356 g/mol. The molecule has 0 aliphatic carbocycles. The van der Waals surface area contributed by atoms with Crippen molar-refractivity contribution in [1.82, 2.24) is 20.4 Å². The molecule has 0 bridgehead atoms. The largest absolute Gasteiger partial charge is 0.484 e. The Bertz CT molecular complexity index is 681. The molecule has 7 nitrogen and oxygen atoms in total. The number of rotatable bonds is 7. The van der Waals surface area contributed by atoms with E-state index in [9.17, 15) is 9.59 Å². The van der Waals surface area contributed by atoms with Crippen molar-refractivity contribution in [3.05, 3.63) is 29.8 Å². The highest BCUT2D eigenvalue weighted by Gasteiger charge is 2.38. The molecule has 2 heterocycles. The molecule has 154 valence electrons. The number of hydrogen-bond donors (Lipinski definition) is 2. The summed E-state index contributed by atoms with van der Waals surface area (Å²) in [5, 5.41) is 5.76. The van der Waals surface area contributed by atoms with Crippen LogP contribution in [0.15, 0.2) is 24.3 Å². The van der Waals surface area contributed by atoms with Gasteiger partial charge in [-0.2, -0.15) is 0 Å². The molecule has 2 fully saturated rings. The molecule has 2 aliphatic heterocycles. The van der Waals surface area contributed by atoms with Crippen molar-refractivity contribution in [2.75, 3.05) is 33.3 Å². The summed E-state index contributed by atoms with van der Waals surface area (Å²) in [7, 11) is 2.17. The molecule has 2 N–H and O–H groups in total. The van der Waals surface area contributed by atoms with Gasteiger partial charge in [-0.05, 0) is 63.9 Å². The van der Waals surface area contributed by atoms with Gasteiger partial charge in [0.1, 0.15) is 5.75 Å². The molecule has 0 spiro atoms. The van der Waals surface area contributed by atoms with Gasteiger partial charge < -0.3 is 25.2 Å². The maximum absolute atomic E-state index is 12.8. The van der Waals surface area contributed by atoms with Crippen LogP contribution >= 0.6 is 0 Å². The number of amides is 3. The number of likely N-dealkylation sites (N-methyl/N-ethyl adjacent to an activating group) is 2. The Morgan fingerprint density at radius 3 is 2.68 bits per heavy atom. The highest BCUT2D eigenvalue weighted by Crippen LogP contribution is 2.29. The van der Waals surface area contributed by atoms with Crippen LogP contribution in [0.2, 0.25) is 0 Å². The normalized spacial score (nSPS) is 22.3. The van der Waals surface area contributed by atoms with Crippen LogP contribution in [0.1, 0.15) is 38.2 Å². The van der Waals surface area contributed by atoms with E-state index in [0.29, 0.717) is 30.9 Å². The standard InChI is InChI=1S/C21H32N4O3/c1-3-22-20(26)15-28-17-8-4-7-16(13-17)14-23-21(27)25-12-6-10-19(25)18-9-5-11-24(18)2/h4,7-8,13,18-19H,3,5-6,9-12,14-15H2,1-2H3,(H,22,26)(H,23,27). The Hall–Kier alpha value is -2.28. The van der Waals surface area contributed by atoms with E-state index in [2.05, 4.69) is 22.6 Å². The van der Waals surface area contributed by atoms with Crippen molar-refractivity contribution in [2.45, 2.75) is 51.2 Å². The second-order valence-electron chi connectivity index (χ2n) is 7.64. The lowest BCUT2D eigenvalue weighted by Crippen LogP contribution is -2.50. The van der Waals surface area contributed by atoms with Gasteiger partial charge in [0.05, 0.1) is 0 Å². The molecule has 2 atom stereocenters.